The Kier molecular flexibility index (Phi) is 7.62. The molecule has 1 saturated heterocycles. The highest BCUT2D eigenvalue weighted by Crippen LogP contribution is 2.43. The zero-order valence-corrected chi connectivity index (χ0v) is 24.2. The van der Waals surface area contributed by atoms with Crippen molar-refractivity contribution >= 4 is 57.9 Å². The van der Waals surface area contributed by atoms with E-state index in [0.717, 1.165) is 55.3 Å². The molecule has 1 aromatic carbocycles. The summed E-state index contributed by atoms with van der Waals surface area (Å²) in [7, 11) is 1.69. The maximum Gasteiger partial charge on any atom is 0.420 e. The highest BCUT2D eigenvalue weighted by atomic mass is 35.5. The van der Waals surface area contributed by atoms with Crippen LogP contribution in [0.3, 0.4) is 0 Å². The molecule has 2 aliphatic heterocycles. The fourth-order valence-corrected chi connectivity index (χ4v) is 7.58. The smallest absolute Gasteiger partial charge is 0.369 e. The van der Waals surface area contributed by atoms with Crippen LogP contribution in [0.5, 0.6) is 0 Å². The molecule has 0 unspecified atom stereocenters. The van der Waals surface area contributed by atoms with Crippen molar-refractivity contribution in [2.75, 3.05) is 62.3 Å². The molecule has 212 valence electrons. The SMILES string of the molecule is CN1CCSc2cc(-c3nc(Nc4ccc(N5CCN(CC6CC6)CC5)cc4Cl)ncc3C(F)(F)F)sc2C1=O. The van der Waals surface area contributed by atoms with Gasteiger partial charge in [0.1, 0.15) is 10.4 Å². The van der Waals surface area contributed by atoms with Gasteiger partial charge in [-0.05, 0) is 43.0 Å². The number of alkyl halides is 3. The molecule has 2 aromatic heterocycles. The summed E-state index contributed by atoms with van der Waals surface area (Å²) in [6, 6.07) is 7.23. The number of nitrogens with one attached hydrogen (secondary N) is 1. The van der Waals surface area contributed by atoms with Gasteiger partial charge in [0.15, 0.2) is 0 Å². The van der Waals surface area contributed by atoms with Gasteiger partial charge in [-0.2, -0.15) is 13.2 Å². The Bertz CT molecular complexity index is 1420. The average molecular weight is 609 g/mol. The Labute approximate surface area is 243 Å². The number of nitrogens with zero attached hydrogens (tertiary/aromatic N) is 5. The number of carbonyl (C=O) groups is 1. The number of amides is 1. The van der Waals surface area contributed by atoms with E-state index >= 15 is 0 Å². The number of piperazine rings is 1. The molecule has 1 amide bonds. The first kappa shape index (κ1) is 27.6. The van der Waals surface area contributed by atoms with Crippen LogP contribution in [0.25, 0.3) is 10.6 Å². The second-order valence-electron chi connectivity index (χ2n) is 10.4. The lowest BCUT2D eigenvalue weighted by molar-refractivity contribution is -0.137. The summed E-state index contributed by atoms with van der Waals surface area (Å²) in [5.41, 5.74) is 0.277. The van der Waals surface area contributed by atoms with Crippen LogP contribution in [0, 0.1) is 5.92 Å². The summed E-state index contributed by atoms with van der Waals surface area (Å²) in [5.74, 6) is 1.33. The van der Waals surface area contributed by atoms with E-state index in [2.05, 4.69) is 25.1 Å². The first-order valence-corrected chi connectivity index (χ1v) is 15.3. The van der Waals surface area contributed by atoms with E-state index in [1.165, 1.54) is 31.1 Å². The zero-order valence-electron chi connectivity index (χ0n) is 21.8. The zero-order chi connectivity index (χ0) is 28.0. The van der Waals surface area contributed by atoms with Gasteiger partial charge in [0, 0.05) is 68.8 Å². The molecule has 0 spiro atoms. The van der Waals surface area contributed by atoms with Crippen molar-refractivity contribution in [2.45, 2.75) is 23.9 Å². The normalized spacial score (nSPS) is 18.6. The summed E-state index contributed by atoms with van der Waals surface area (Å²) in [4.78, 5) is 28.7. The minimum atomic E-state index is -4.66. The number of fused-ring (bicyclic) bond motifs is 1. The van der Waals surface area contributed by atoms with E-state index in [9.17, 15) is 18.0 Å². The largest absolute Gasteiger partial charge is 0.420 e. The lowest BCUT2D eigenvalue weighted by Gasteiger charge is -2.36. The maximum atomic E-state index is 13.9. The van der Waals surface area contributed by atoms with Gasteiger partial charge in [-0.25, -0.2) is 9.97 Å². The van der Waals surface area contributed by atoms with Gasteiger partial charge in [0.2, 0.25) is 5.95 Å². The standard InChI is InChI=1S/C27H28ClF3N6OS2/c1-35-10-11-39-22-13-21(40-24(22)25(35)38)23-18(27(29,30)31)14-32-26(34-23)33-20-5-4-17(12-19(20)28)37-8-6-36(7-9-37)15-16-2-3-16/h4-5,12-14,16H,2-3,6-11,15H2,1H3,(H,32,33,34). The Morgan fingerprint density at radius 3 is 2.60 bits per heavy atom. The Morgan fingerprint density at radius 1 is 1.12 bits per heavy atom. The molecule has 1 saturated carbocycles. The molecule has 4 heterocycles. The van der Waals surface area contributed by atoms with E-state index in [1.807, 2.05) is 12.1 Å². The quantitative estimate of drug-likeness (QED) is 0.351. The highest BCUT2D eigenvalue weighted by molar-refractivity contribution is 7.99. The molecule has 0 radical (unpaired) electrons. The molecule has 40 heavy (non-hydrogen) atoms. The fourth-order valence-electron chi connectivity index (χ4n) is 4.93. The number of aromatic nitrogens is 2. The third-order valence-electron chi connectivity index (χ3n) is 7.40. The Morgan fingerprint density at radius 2 is 1.90 bits per heavy atom. The Hall–Kier alpha value is -2.54. The van der Waals surface area contributed by atoms with Crippen LogP contribution in [0.1, 0.15) is 28.1 Å². The van der Waals surface area contributed by atoms with Crippen molar-refractivity contribution in [1.82, 2.24) is 19.8 Å². The summed E-state index contributed by atoms with van der Waals surface area (Å²) in [6.07, 6.45) is -1.19. The second-order valence-corrected chi connectivity index (χ2v) is 12.9. The van der Waals surface area contributed by atoms with Crippen molar-refractivity contribution < 1.29 is 18.0 Å². The monoisotopic (exact) mass is 608 g/mol. The van der Waals surface area contributed by atoms with Gasteiger partial charge >= 0.3 is 6.18 Å². The van der Waals surface area contributed by atoms with Gasteiger partial charge in [0.05, 0.1) is 21.3 Å². The van der Waals surface area contributed by atoms with Gasteiger partial charge in [0.25, 0.3) is 5.91 Å². The van der Waals surface area contributed by atoms with Crippen molar-refractivity contribution in [3.63, 3.8) is 0 Å². The molecule has 2 fully saturated rings. The first-order chi connectivity index (χ1) is 19.2. The van der Waals surface area contributed by atoms with Gasteiger partial charge in [-0.3, -0.25) is 9.69 Å². The van der Waals surface area contributed by atoms with Crippen molar-refractivity contribution in [3.8, 4) is 10.6 Å². The van der Waals surface area contributed by atoms with Crippen molar-refractivity contribution in [1.29, 1.82) is 0 Å². The molecular formula is C27H28ClF3N6OS2. The third-order valence-corrected chi connectivity index (χ3v) is 9.99. The highest BCUT2D eigenvalue weighted by Gasteiger charge is 2.37. The molecule has 13 heteroatoms. The van der Waals surface area contributed by atoms with Crippen LogP contribution < -0.4 is 10.2 Å². The number of thioether (sulfide) groups is 1. The predicted molar refractivity (Wildman–Crippen MR) is 154 cm³/mol. The second kappa shape index (κ2) is 11.0. The third kappa shape index (κ3) is 5.90. The first-order valence-electron chi connectivity index (χ1n) is 13.2. The number of benzene rings is 1. The van der Waals surface area contributed by atoms with Gasteiger partial charge in [-0.15, -0.1) is 23.1 Å². The minimum Gasteiger partial charge on any atom is -0.369 e. The molecular weight excluding hydrogens is 581 g/mol. The number of anilines is 3. The van der Waals surface area contributed by atoms with Crippen LogP contribution in [-0.2, 0) is 6.18 Å². The fraction of sp³-hybridized carbons (Fsp3) is 0.444. The number of hydrogen-bond acceptors (Lipinski definition) is 8. The summed E-state index contributed by atoms with van der Waals surface area (Å²) < 4.78 is 41.8. The van der Waals surface area contributed by atoms with Gasteiger partial charge < -0.3 is 15.1 Å². The predicted octanol–water partition coefficient (Wildman–Crippen LogP) is 6.33. The lowest BCUT2D eigenvalue weighted by atomic mass is 10.2. The van der Waals surface area contributed by atoms with Crippen LogP contribution in [-0.4, -0.2) is 77.7 Å². The molecule has 1 N–H and O–H groups in total. The summed E-state index contributed by atoms with van der Waals surface area (Å²) in [5, 5.41) is 3.42. The molecule has 0 atom stereocenters. The average Bonchev–Trinajstić information content (AvgIpc) is 3.66. The Balaban J connectivity index is 1.23. The molecule has 6 rings (SSSR count). The lowest BCUT2D eigenvalue weighted by Crippen LogP contribution is -2.47. The van der Waals surface area contributed by atoms with E-state index in [4.69, 9.17) is 11.6 Å². The van der Waals surface area contributed by atoms with Crippen LogP contribution in [0.2, 0.25) is 5.02 Å². The van der Waals surface area contributed by atoms with Gasteiger partial charge in [-0.1, -0.05) is 11.6 Å². The van der Waals surface area contributed by atoms with E-state index in [1.54, 1.807) is 24.1 Å². The van der Waals surface area contributed by atoms with Crippen LogP contribution in [0.4, 0.5) is 30.5 Å². The van der Waals surface area contributed by atoms with E-state index in [-0.39, 0.29) is 22.4 Å². The maximum absolute atomic E-state index is 13.9. The summed E-state index contributed by atoms with van der Waals surface area (Å²) >= 11 is 9.08. The number of carbonyl (C=O) groups excluding carboxylic acids is 1. The van der Waals surface area contributed by atoms with E-state index in [0.29, 0.717) is 32.8 Å². The number of rotatable bonds is 6. The van der Waals surface area contributed by atoms with E-state index < -0.39 is 11.7 Å². The van der Waals surface area contributed by atoms with Crippen molar-refractivity contribution in [3.05, 3.63) is 45.9 Å². The van der Waals surface area contributed by atoms with Crippen molar-refractivity contribution in [2.24, 2.45) is 5.92 Å². The molecule has 1 aliphatic carbocycles. The van der Waals surface area contributed by atoms with Crippen LogP contribution >= 0.6 is 34.7 Å². The molecule has 0 bridgehead atoms. The number of hydrogen-bond donors (Lipinski definition) is 1. The molecule has 7 nitrogen and oxygen atoms in total. The topological polar surface area (TPSA) is 64.6 Å². The molecule has 3 aliphatic rings. The number of thiophene rings is 1. The minimum absolute atomic E-state index is 0.00830. The summed E-state index contributed by atoms with van der Waals surface area (Å²) in [6.45, 7) is 5.63. The number of halogens is 4. The van der Waals surface area contributed by atoms with Crippen LogP contribution in [0.15, 0.2) is 35.4 Å². The molecule has 3 aromatic rings.